The molecular formula is C12H13N5O. The summed E-state index contributed by atoms with van der Waals surface area (Å²) in [7, 11) is 0. The number of furan rings is 1. The molecule has 3 rings (SSSR count). The van der Waals surface area contributed by atoms with Crippen molar-refractivity contribution in [2.24, 2.45) is 0 Å². The van der Waals surface area contributed by atoms with Gasteiger partial charge in [0.2, 0.25) is 0 Å². The molecule has 0 radical (unpaired) electrons. The molecule has 0 spiro atoms. The Bertz CT molecular complexity index is 672. The van der Waals surface area contributed by atoms with Gasteiger partial charge < -0.3 is 9.73 Å². The van der Waals surface area contributed by atoms with Crippen molar-refractivity contribution in [3.8, 4) is 0 Å². The molecule has 3 aromatic rings. The maximum Gasteiger partial charge on any atom is 0.160 e. The molecule has 1 atom stereocenters. The minimum atomic E-state index is 0.0340. The highest BCUT2D eigenvalue weighted by Crippen LogP contribution is 2.23. The molecule has 0 aliphatic carbocycles. The first kappa shape index (κ1) is 10.8. The van der Waals surface area contributed by atoms with Crippen LogP contribution in [-0.2, 0) is 0 Å². The van der Waals surface area contributed by atoms with Gasteiger partial charge in [-0.1, -0.05) is 0 Å². The first-order valence-corrected chi connectivity index (χ1v) is 5.71. The normalized spacial score (nSPS) is 12.8. The molecule has 0 fully saturated rings. The van der Waals surface area contributed by atoms with E-state index >= 15 is 0 Å². The predicted octanol–water partition coefficient (Wildman–Crippen LogP) is 2.43. The number of hydrogen-bond acceptors (Lipinski definition) is 5. The lowest BCUT2D eigenvalue weighted by Crippen LogP contribution is -2.07. The molecule has 0 bridgehead atoms. The molecule has 6 nitrogen and oxygen atoms in total. The smallest absolute Gasteiger partial charge is 0.160 e. The standard InChI is InChI=1S/C12H13N5O/c1-7-3-4-10(18-7)8(2)16-11-9-5-15-17-12(9)14-6-13-11/h3-6,8H,1-2H3,(H2,13,14,15,16,17)/t8-/m1/s1. The number of hydrogen-bond donors (Lipinski definition) is 2. The number of nitrogens with zero attached hydrogens (tertiary/aromatic N) is 3. The quantitative estimate of drug-likeness (QED) is 0.738. The Kier molecular flexibility index (Phi) is 2.47. The van der Waals surface area contributed by atoms with Gasteiger partial charge in [0.1, 0.15) is 23.7 Å². The second kappa shape index (κ2) is 4.14. The SMILES string of the molecule is Cc1ccc([C@@H](C)Nc2ncnc3[nH]ncc23)o1. The Hall–Kier alpha value is -2.37. The topological polar surface area (TPSA) is 79.6 Å². The van der Waals surface area contributed by atoms with Crippen molar-refractivity contribution in [2.75, 3.05) is 5.32 Å². The Morgan fingerprint density at radius 3 is 3.00 bits per heavy atom. The summed E-state index contributed by atoms with van der Waals surface area (Å²) < 4.78 is 5.58. The van der Waals surface area contributed by atoms with Gasteiger partial charge in [-0.25, -0.2) is 9.97 Å². The largest absolute Gasteiger partial charge is 0.464 e. The summed E-state index contributed by atoms with van der Waals surface area (Å²) in [4.78, 5) is 8.32. The molecule has 18 heavy (non-hydrogen) atoms. The molecule has 0 aliphatic heterocycles. The number of H-pyrrole nitrogens is 1. The van der Waals surface area contributed by atoms with Crippen LogP contribution in [0.4, 0.5) is 5.82 Å². The minimum Gasteiger partial charge on any atom is -0.464 e. The van der Waals surface area contributed by atoms with Crippen LogP contribution < -0.4 is 5.32 Å². The molecule has 3 heterocycles. The van der Waals surface area contributed by atoms with Crippen LogP contribution in [0.2, 0.25) is 0 Å². The number of anilines is 1. The van der Waals surface area contributed by atoms with Crippen LogP contribution in [0.25, 0.3) is 11.0 Å². The fourth-order valence-corrected chi connectivity index (χ4v) is 1.84. The summed E-state index contributed by atoms with van der Waals surface area (Å²) >= 11 is 0. The first-order chi connectivity index (χ1) is 8.74. The number of rotatable bonds is 3. The zero-order chi connectivity index (χ0) is 12.5. The van der Waals surface area contributed by atoms with Crippen molar-refractivity contribution in [1.82, 2.24) is 20.2 Å². The van der Waals surface area contributed by atoms with Crippen molar-refractivity contribution in [2.45, 2.75) is 19.9 Å². The third-order valence-corrected chi connectivity index (χ3v) is 2.79. The summed E-state index contributed by atoms with van der Waals surface area (Å²) in [6.07, 6.45) is 3.21. The minimum absolute atomic E-state index is 0.0340. The van der Waals surface area contributed by atoms with Crippen molar-refractivity contribution in [3.05, 3.63) is 36.2 Å². The predicted molar refractivity (Wildman–Crippen MR) is 67.2 cm³/mol. The van der Waals surface area contributed by atoms with Crippen LogP contribution in [0.15, 0.2) is 29.1 Å². The maximum absolute atomic E-state index is 5.58. The summed E-state index contributed by atoms with van der Waals surface area (Å²) in [5.74, 6) is 2.52. The highest BCUT2D eigenvalue weighted by Gasteiger charge is 2.12. The fourth-order valence-electron chi connectivity index (χ4n) is 1.84. The lowest BCUT2D eigenvalue weighted by Gasteiger charge is -2.12. The molecule has 0 unspecified atom stereocenters. The van der Waals surface area contributed by atoms with Gasteiger partial charge in [0.05, 0.1) is 17.6 Å². The first-order valence-electron chi connectivity index (χ1n) is 5.71. The molecule has 2 N–H and O–H groups in total. The molecule has 0 aromatic carbocycles. The van der Waals surface area contributed by atoms with Gasteiger partial charge >= 0.3 is 0 Å². The van der Waals surface area contributed by atoms with Crippen LogP contribution in [0.5, 0.6) is 0 Å². The van der Waals surface area contributed by atoms with Gasteiger partial charge in [-0.15, -0.1) is 0 Å². The number of aryl methyl sites for hydroxylation is 1. The van der Waals surface area contributed by atoms with Crippen molar-refractivity contribution < 1.29 is 4.42 Å². The van der Waals surface area contributed by atoms with Gasteiger partial charge in [0.15, 0.2) is 5.65 Å². The molecule has 0 amide bonds. The summed E-state index contributed by atoms with van der Waals surface area (Å²) in [6.45, 7) is 3.95. The molecule has 0 aliphatic rings. The third-order valence-electron chi connectivity index (χ3n) is 2.79. The van der Waals surface area contributed by atoms with Gasteiger partial charge in [-0.05, 0) is 26.0 Å². The van der Waals surface area contributed by atoms with Gasteiger partial charge in [0.25, 0.3) is 0 Å². The van der Waals surface area contributed by atoms with Gasteiger partial charge in [-0.2, -0.15) is 5.10 Å². The molecule has 0 saturated heterocycles. The molecule has 92 valence electrons. The number of fused-ring (bicyclic) bond motifs is 1. The molecular weight excluding hydrogens is 230 g/mol. The van der Waals surface area contributed by atoms with Crippen LogP contribution in [0.3, 0.4) is 0 Å². The van der Waals surface area contributed by atoms with Crippen molar-refractivity contribution >= 4 is 16.9 Å². The molecule has 3 aromatic heterocycles. The lowest BCUT2D eigenvalue weighted by molar-refractivity contribution is 0.466. The van der Waals surface area contributed by atoms with E-state index in [-0.39, 0.29) is 6.04 Å². The zero-order valence-corrected chi connectivity index (χ0v) is 10.1. The number of aromatic nitrogens is 4. The third kappa shape index (κ3) is 1.81. The van der Waals surface area contributed by atoms with Crippen molar-refractivity contribution in [1.29, 1.82) is 0 Å². The molecule has 6 heteroatoms. The van der Waals surface area contributed by atoms with E-state index in [0.29, 0.717) is 0 Å². The van der Waals surface area contributed by atoms with E-state index in [2.05, 4.69) is 25.5 Å². The highest BCUT2D eigenvalue weighted by molar-refractivity contribution is 5.85. The van der Waals surface area contributed by atoms with E-state index in [9.17, 15) is 0 Å². The fraction of sp³-hybridized carbons (Fsp3) is 0.250. The van der Waals surface area contributed by atoms with E-state index in [1.54, 1.807) is 6.20 Å². The zero-order valence-electron chi connectivity index (χ0n) is 10.1. The highest BCUT2D eigenvalue weighted by atomic mass is 16.3. The van der Waals surface area contributed by atoms with E-state index in [1.807, 2.05) is 26.0 Å². The lowest BCUT2D eigenvalue weighted by atomic mass is 10.2. The van der Waals surface area contributed by atoms with E-state index < -0.39 is 0 Å². The maximum atomic E-state index is 5.58. The van der Waals surface area contributed by atoms with Gasteiger partial charge in [-0.3, -0.25) is 5.10 Å². The number of aromatic amines is 1. The van der Waals surface area contributed by atoms with Crippen LogP contribution >= 0.6 is 0 Å². The summed E-state index contributed by atoms with van der Waals surface area (Å²) in [5.41, 5.74) is 0.718. The Balaban J connectivity index is 1.90. The number of nitrogens with one attached hydrogen (secondary N) is 2. The molecule has 0 saturated carbocycles. The second-order valence-electron chi connectivity index (χ2n) is 4.17. The average Bonchev–Trinajstić information content (AvgIpc) is 2.97. The second-order valence-corrected chi connectivity index (χ2v) is 4.17. The Morgan fingerprint density at radius 1 is 1.33 bits per heavy atom. The Labute approximate surface area is 103 Å². The summed E-state index contributed by atoms with van der Waals surface area (Å²) in [6, 6.07) is 3.94. The van der Waals surface area contributed by atoms with Gasteiger partial charge in [0, 0.05) is 0 Å². The van der Waals surface area contributed by atoms with Crippen LogP contribution in [-0.4, -0.2) is 20.2 Å². The Morgan fingerprint density at radius 2 is 2.22 bits per heavy atom. The summed E-state index contributed by atoms with van der Waals surface area (Å²) in [5, 5.41) is 10.9. The van der Waals surface area contributed by atoms with Crippen molar-refractivity contribution in [3.63, 3.8) is 0 Å². The van der Waals surface area contributed by atoms with Crippen LogP contribution in [0.1, 0.15) is 24.5 Å². The van der Waals surface area contributed by atoms with E-state index in [4.69, 9.17) is 4.42 Å². The average molecular weight is 243 g/mol. The van der Waals surface area contributed by atoms with E-state index in [0.717, 1.165) is 28.4 Å². The van der Waals surface area contributed by atoms with Crippen LogP contribution in [0, 0.1) is 6.92 Å². The monoisotopic (exact) mass is 243 g/mol. The van der Waals surface area contributed by atoms with E-state index in [1.165, 1.54) is 6.33 Å².